The molecule has 0 amide bonds. The number of carbonyl (C=O) groups excluding carboxylic acids is 2. The number of nitrogens with zero attached hydrogens (tertiary/aromatic N) is 2. The Balaban J connectivity index is 1.67. The lowest BCUT2D eigenvalue weighted by atomic mass is 10.1. The molecule has 0 aliphatic heterocycles. The van der Waals surface area contributed by atoms with E-state index in [0.29, 0.717) is 5.56 Å². The first-order valence-electron chi connectivity index (χ1n) is 8.25. The molecule has 26 heavy (non-hydrogen) atoms. The van der Waals surface area contributed by atoms with Crippen molar-refractivity contribution >= 4 is 34.4 Å². The van der Waals surface area contributed by atoms with Gasteiger partial charge >= 0.3 is 5.97 Å². The van der Waals surface area contributed by atoms with Gasteiger partial charge in [-0.25, -0.2) is 9.78 Å². The first-order valence-corrected chi connectivity index (χ1v) is 10.1. The highest BCUT2D eigenvalue weighted by Gasteiger charge is 2.20. The molecular formula is C19H20N2O3S2. The van der Waals surface area contributed by atoms with Gasteiger partial charge in [0.05, 0.1) is 0 Å². The maximum atomic E-state index is 12.5. The summed E-state index contributed by atoms with van der Waals surface area (Å²) < 4.78 is 7.29. The average Bonchev–Trinajstić information content (AvgIpc) is 3.31. The van der Waals surface area contributed by atoms with Crippen molar-refractivity contribution in [3.05, 3.63) is 50.9 Å². The van der Waals surface area contributed by atoms with Crippen molar-refractivity contribution in [3.8, 4) is 10.6 Å². The van der Waals surface area contributed by atoms with E-state index >= 15 is 0 Å². The Kier molecular flexibility index (Phi) is 5.38. The molecule has 0 radical (unpaired) electrons. The molecule has 0 aliphatic carbocycles. The molecule has 3 aromatic rings. The van der Waals surface area contributed by atoms with E-state index in [2.05, 4.69) is 23.4 Å². The van der Waals surface area contributed by atoms with Crippen molar-refractivity contribution in [1.29, 1.82) is 0 Å². The van der Waals surface area contributed by atoms with Gasteiger partial charge in [0.25, 0.3) is 0 Å². The van der Waals surface area contributed by atoms with Gasteiger partial charge in [0, 0.05) is 39.3 Å². The molecule has 0 N–H and O–H groups in total. The summed E-state index contributed by atoms with van der Waals surface area (Å²) in [4.78, 5) is 29.0. The number of rotatable bonds is 6. The second-order valence-corrected chi connectivity index (χ2v) is 7.94. The van der Waals surface area contributed by atoms with Gasteiger partial charge in [-0.15, -0.1) is 11.3 Å². The number of thiazole rings is 1. The van der Waals surface area contributed by atoms with Gasteiger partial charge in [-0.05, 0) is 45.2 Å². The van der Waals surface area contributed by atoms with E-state index in [-0.39, 0.29) is 24.1 Å². The Morgan fingerprint density at radius 3 is 2.65 bits per heavy atom. The van der Waals surface area contributed by atoms with Crippen LogP contribution in [0.15, 0.2) is 28.3 Å². The lowest BCUT2D eigenvalue weighted by molar-refractivity contribution is 0.0469. The Bertz CT molecular complexity index is 936. The van der Waals surface area contributed by atoms with E-state index < -0.39 is 5.97 Å². The van der Waals surface area contributed by atoms with Gasteiger partial charge < -0.3 is 9.30 Å². The van der Waals surface area contributed by atoms with Gasteiger partial charge in [-0.1, -0.05) is 0 Å². The van der Waals surface area contributed by atoms with Crippen LogP contribution in [-0.2, 0) is 4.74 Å². The van der Waals surface area contributed by atoms with Gasteiger partial charge in [0.15, 0.2) is 12.3 Å². The standard InChI is InChI=1S/C19H20N2O3S2/c1-11(2)21-12(3)7-15(13(21)4)17(22)8-24-19(23)16-10-26-18(20-16)14-5-6-25-9-14/h5-7,9-11H,8H2,1-4H3. The number of aryl methyl sites for hydroxylation is 1. The number of Topliss-reactive ketones (excluding diaryl/α,β-unsaturated/α-hetero) is 1. The molecule has 3 aromatic heterocycles. The summed E-state index contributed by atoms with van der Waals surface area (Å²) in [6, 6.07) is 4.07. The number of hydrogen-bond acceptors (Lipinski definition) is 6. The maximum Gasteiger partial charge on any atom is 0.358 e. The predicted molar refractivity (Wildman–Crippen MR) is 104 cm³/mol. The summed E-state index contributed by atoms with van der Waals surface area (Å²) in [5.74, 6) is -0.777. The van der Waals surface area contributed by atoms with Crippen molar-refractivity contribution in [1.82, 2.24) is 9.55 Å². The number of ketones is 1. The van der Waals surface area contributed by atoms with E-state index in [9.17, 15) is 9.59 Å². The molecule has 0 fully saturated rings. The molecule has 5 nitrogen and oxygen atoms in total. The Labute approximate surface area is 160 Å². The molecule has 0 spiro atoms. The third kappa shape index (κ3) is 3.64. The highest BCUT2D eigenvalue weighted by atomic mass is 32.1. The highest BCUT2D eigenvalue weighted by Crippen LogP contribution is 2.26. The first-order chi connectivity index (χ1) is 12.4. The molecule has 3 heterocycles. The van der Waals surface area contributed by atoms with Crippen LogP contribution in [0, 0.1) is 13.8 Å². The number of esters is 1. The normalized spacial score (nSPS) is 11.1. The molecular weight excluding hydrogens is 368 g/mol. The van der Waals surface area contributed by atoms with E-state index in [0.717, 1.165) is 22.0 Å². The molecule has 7 heteroatoms. The van der Waals surface area contributed by atoms with E-state index in [4.69, 9.17) is 4.74 Å². The minimum Gasteiger partial charge on any atom is -0.453 e. The third-order valence-electron chi connectivity index (χ3n) is 4.12. The second kappa shape index (κ2) is 7.55. The van der Waals surface area contributed by atoms with Crippen molar-refractivity contribution in [3.63, 3.8) is 0 Å². The van der Waals surface area contributed by atoms with Crippen LogP contribution in [0.25, 0.3) is 10.6 Å². The minimum atomic E-state index is -0.575. The van der Waals surface area contributed by atoms with Gasteiger partial charge in [0.1, 0.15) is 5.01 Å². The molecule has 3 rings (SSSR count). The molecule has 0 atom stereocenters. The van der Waals surface area contributed by atoms with Gasteiger partial charge in [-0.3, -0.25) is 4.79 Å². The Morgan fingerprint density at radius 2 is 2.04 bits per heavy atom. The Hall–Kier alpha value is -2.25. The first kappa shape index (κ1) is 18.5. The number of aromatic nitrogens is 2. The second-order valence-electron chi connectivity index (χ2n) is 6.30. The number of carbonyl (C=O) groups is 2. The van der Waals surface area contributed by atoms with Crippen LogP contribution in [0.3, 0.4) is 0 Å². The fourth-order valence-electron chi connectivity index (χ4n) is 3.02. The molecule has 136 valence electrons. The fourth-order valence-corrected chi connectivity index (χ4v) is 4.52. The summed E-state index contributed by atoms with van der Waals surface area (Å²) in [6.07, 6.45) is 0. The molecule has 0 bridgehead atoms. The molecule has 0 unspecified atom stereocenters. The summed E-state index contributed by atoms with van der Waals surface area (Å²) in [7, 11) is 0. The fraction of sp³-hybridized carbons (Fsp3) is 0.316. The topological polar surface area (TPSA) is 61.2 Å². The van der Waals surface area contributed by atoms with E-state index in [1.807, 2.05) is 36.7 Å². The van der Waals surface area contributed by atoms with Crippen LogP contribution in [0.5, 0.6) is 0 Å². The largest absolute Gasteiger partial charge is 0.453 e. The van der Waals surface area contributed by atoms with Crippen LogP contribution in [-0.4, -0.2) is 27.9 Å². The zero-order valence-corrected chi connectivity index (χ0v) is 16.7. The summed E-state index contributed by atoms with van der Waals surface area (Å²) in [5, 5.41) is 6.36. The molecule has 0 saturated heterocycles. The van der Waals surface area contributed by atoms with Crippen molar-refractivity contribution in [2.24, 2.45) is 0 Å². The number of thiophene rings is 1. The highest BCUT2D eigenvalue weighted by molar-refractivity contribution is 7.14. The van der Waals surface area contributed by atoms with Crippen molar-refractivity contribution < 1.29 is 14.3 Å². The molecule has 0 aliphatic rings. The van der Waals surface area contributed by atoms with Crippen LogP contribution in [0.2, 0.25) is 0 Å². The molecule has 0 aromatic carbocycles. The van der Waals surface area contributed by atoms with Crippen LogP contribution in [0.4, 0.5) is 0 Å². The van der Waals surface area contributed by atoms with E-state index in [1.165, 1.54) is 11.3 Å². The monoisotopic (exact) mass is 388 g/mol. The number of hydrogen-bond donors (Lipinski definition) is 0. The van der Waals surface area contributed by atoms with Gasteiger partial charge in [-0.2, -0.15) is 11.3 Å². The summed E-state index contributed by atoms with van der Waals surface area (Å²) >= 11 is 2.96. The maximum absolute atomic E-state index is 12.5. The lowest BCUT2D eigenvalue weighted by Crippen LogP contribution is -2.15. The molecule has 0 saturated carbocycles. The summed E-state index contributed by atoms with van der Waals surface area (Å²) in [6.45, 7) is 7.74. The van der Waals surface area contributed by atoms with Crippen molar-refractivity contribution in [2.75, 3.05) is 6.61 Å². The zero-order chi connectivity index (χ0) is 18.8. The minimum absolute atomic E-state index is 0.202. The summed E-state index contributed by atoms with van der Waals surface area (Å²) in [5.41, 5.74) is 3.73. The zero-order valence-electron chi connectivity index (χ0n) is 15.1. The van der Waals surface area contributed by atoms with Gasteiger partial charge in [0.2, 0.25) is 5.78 Å². The lowest BCUT2D eigenvalue weighted by Gasteiger charge is -2.13. The number of ether oxygens (including phenoxy) is 1. The third-order valence-corrected chi connectivity index (χ3v) is 5.69. The van der Waals surface area contributed by atoms with Crippen LogP contribution >= 0.6 is 22.7 Å². The predicted octanol–water partition coefficient (Wildman–Crippen LogP) is 4.91. The van der Waals surface area contributed by atoms with Crippen molar-refractivity contribution in [2.45, 2.75) is 33.7 Å². The smallest absolute Gasteiger partial charge is 0.358 e. The quantitative estimate of drug-likeness (QED) is 0.445. The van der Waals surface area contributed by atoms with Crippen LogP contribution < -0.4 is 0 Å². The van der Waals surface area contributed by atoms with Crippen LogP contribution in [0.1, 0.15) is 52.1 Å². The SMILES string of the molecule is Cc1cc(C(=O)COC(=O)c2csc(-c3ccsc3)n2)c(C)n1C(C)C. The van der Waals surface area contributed by atoms with E-state index in [1.54, 1.807) is 16.7 Å². The Morgan fingerprint density at radius 1 is 1.27 bits per heavy atom. The average molecular weight is 389 g/mol.